The van der Waals surface area contributed by atoms with E-state index in [2.05, 4.69) is 6.58 Å². The molecule has 0 amide bonds. The van der Waals surface area contributed by atoms with E-state index in [0.717, 1.165) is 6.42 Å². The molecule has 0 aliphatic heterocycles. The van der Waals surface area contributed by atoms with Crippen LogP contribution < -0.4 is 0 Å². The molecular formula is C13H24O4. The van der Waals surface area contributed by atoms with Gasteiger partial charge in [-0.1, -0.05) is 13.5 Å². The maximum atomic E-state index is 11.6. The Morgan fingerprint density at radius 2 is 1.88 bits per heavy atom. The van der Waals surface area contributed by atoms with E-state index in [9.17, 15) is 4.79 Å². The predicted molar refractivity (Wildman–Crippen MR) is 66.4 cm³/mol. The molecule has 0 aliphatic rings. The van der Waals surface area contributed by atoms with Crippen LogP contribution in [-0.4, -0.2) is 26.0 Å². The summed E-state index contributed by atoms with van der Waals surface area (Å²) in [5, 5.41) is 0. The third-order valence-electron chi connectivity index (χ3n) is 2.49. The van der Waals surface area contributed by atoms with Gasteiger partial charge >= 0.3 is 5.97 Å². The number of esters is 1. The summed E-state index contributed by atoms with van der Waals surface area (Å²) in [5.41, 5.74) is -0.399. The Labute approximate surface area is 104 Å². The van der Waals surface area contributed by atoms with Crippen LogP contribution in [0.25, 0.3) is 0 Å². The maximum Gasteiger partial charge on any atom is 0.311 e. The second-order valence-corrected chi connectivity index (χ2v) is 4.60. The highest BCUT2D eigenvalue weighted by molar-refractivity contribution is 5.75. The highest BCUT2D eigenvalue weighted by atomic mass is 16.7. The average molecular weight is 244 g/mol. The third kappa shape index (κ3) is 7.80. The van der Waals surface area contributed by atoms with Gasteiger partial charge in [-0.25, -0.2) is 0 Å². The summed E-state index contributed by atoms with van der Waals surface area (Å²) in [7, 11) is 0. The van der Waals surface area contributed by atoms with E-state index in [1.54, 1.807) is 6.92 Å². The van der Waals surface area contributed by atoms with Crippen LogP contribution >= 0.6 is 0 Å². The fraction of sp³-hybridized carbons (Fsp3) is 0.769. The van der Waals surface area contributed by atoms with Gasteiger partial charge in [0.05, 0.1) is 24.4 Å². The SMILES string of the molecule is C=C(C)OCOCCCOC(=O)C(C)(C)CC. The van der Waals surface area contributed by atoms with Gasteiger partial charge < -0.3 is 14.2 Å². The summed E-state index contributed by atoms with van der Waals surface area (Å²) in [6, 6.07) is 0. The highest BCUT2D eigenvalue weighted by Crippen LogP contribution is 2.21. The average Bonchev–Trinajstić information content (AvgIpc) is 2.27. The van der Waals surface area contributed by atoms with E-state index in [1.165, 1.54) is 0 Å². The zero-order chi connectivity index (χ0) is 13.3. The Hall–Kier alpha value is -1.03. The minimum atomic E-state index is -0.399. The highest BCUT2D eigenvalue weighted by Gasteiger charge is 2.26. The summed E-state index contributed by atoms with van der Waals surface area (Å²) < 4.78 is 15.3. The topological polar surface area (TPSA) is 44.8 Å². The number of hydrogen-bond donors (Lipinski definition) is 0. The zero-order valence-electron chi connectivity index (χ0n) is 11.4. The molecule has 0 aromatic rings. The molecule has 0 saturated heterocycles. The van der Waals surface area contributed by atoms with Crippen molar-refractivity contribution in [2.45, 2.75) is 40.5 Å². The van der Waals surface area contributed by atoms with Crippen LogP contribution in [-0.2, 0) is 19.0 Å². The van der Waals surface area contributed by atoms with Gasteiger partial charge in [0, 0.05) is 6.42 Å². The summed E-state index contributed by atoms with van der Waals surface area (Å²) in [6.45, 7) is 12.2. The molecule has 0 heterocycles. The summed E-state index contributed by atoms with van der Waals surface area (Å²) in [5.74, 6) is 0.472. The number of carbonyl (C=O) groups excluding carboxylic acids is 1. The normalized spacial score (nSPS) is 11.1. The van der Waals surface area contributed by atoms with E-state index in [-0.39, 0.29) is 12.8 Å². The van der Waals surface area contributed by atoms with Crippen molar-refractivity contribution in [2.24, 2.45) is 5.41 Å². The van der Waals surface area contributed by atoms with Gasteiger partial charge in [-0.05, 0) is 27.2 Å². The second kappa shape index (κ2) is 8.12. The van der Waals surface area contributed by atoms with E-state index >= 15 is 0 Å². The molecule has 0 bridgehead atoms. The summed E-state index contributed by atoms with van der Waals surface area (Å²) in [4.78, 5) is 11.6. The Kier molecular flexibility index (Phi) is 7.63. The van der Waals surface area contributed by atoms with Gasteiger partial charge in [-0.3, -0.25) is 4.79 Å². The standard InChI is InChI=1S/C13H24O4/c1-6-13(4,5)12(14)16-9-7-8-15-10-17-11(2)3/h2,6-10H2,1,3-5H3. The van der Waals surface area contributed by atoms with Gasteiger partial charge in [0.2, 0.25) is 0 Å². The molecule has 0 atom stereocenters. The van der Waals surface area contributed by atoms with Crippen LogP contribution in [0.4, 0.5) is 0 Å². The van der Waals surface area contributed by atoms with Crippen molar-refractivity contribution in [2.75, 3.05) is 20.0 Å². The quantitative estimate of drug-likeness (QED) is 0.271. The first-order valence-electron chi connectivity index (χ1n) is 5.93. The van der Waals surface area contributed by atoms with E-state index in [0.29, 0.717) is 25.4 Å². The molecule has 0 rings (SSSR count). The lowest BCUT2D eigenvalue weighted by Gasteiger charge is -2.20. The molecule has 0 spiro atoms. The van der Waals surface area contributed by atoms with Gasteiger partial charge in [-0.15, -0.1) is 0 Å². The number of hydrogen-bond acceptors (Lipinski definition) is 4. The van der Waals surface area contributed by atoms with Crippen LogP contribution in [0.3, 0.4) is 0 Å². The van der Waals surface area contributed by atoms with Crippen molar-refractivity contribution in [1.82, 2.24) is 0 Å². The Balaban J connectivity index is 3.46. The Morgan fingerprint density at radius 1 is 1.24 bits per heavy atom. The molecule has 0 aliphatic carbocycles. The molecule has 4 heteroatoms. The van der Waals surface area contributed by atoms with Gasteiger partial charge in [0.1, 0.15) is 0 Å². The number of rotatable bonds is 9. The minimum absolute atomic E-state index is 0.154. The first-order chi connectivity index (χ1) is 7.90. The minimum Gasteiger partial charge on any atom is -0.473 e. The van der Waals surface area contributed by atoms with Crippen LogP contribution in [0.2, 0.25) is 0 Å². The smallest absolute Gasteiger partial charge is 0.311 e. The molecule has 17 heavy (non-hydrogen) atoms. The van der Waals surface area contributed by atoms with Crippen molar-refractivity contribution < 1.29 is 19.0 Å². The second-order valence-electron chi connectivity index (χ2n) is 4.60. The Bertz CT molecular complexity index is 246. The molecule has 100 valence electrons. The van der Waals surface area contributed by atoms with Crippen molar-refractivity contribution >= 4 is 5.97 Å². The summed E-state index contributed by atoms with van der Waals surface area (Å²) >= 11 is 0. The Morgan fingerprint density at radius 3 is 2.41 bits per heavy atom. The number of ether oxygens (including phenoxy) is 3. The predicted octanol–water partition coefficient (Wildman–Crippen LogP) is 2.88. The van der Waals surface area contributed by atoms with Crippen LogP contribution in [0.5, 0.6) is 0 Å². The largest absolute Gasteiger partial charge is 0.473 e. The van der Waals surface area contributed by atoms with Crippen LogP contribution in [0.1, 0.15) is 40.5 Å². The molecule has 0 saturated carbocycles. The lowest BCUT2D eigenvalue weighted by atomic mass is 9.91. The van der Waals surface area contributed by atoms with Crippen molar-refractivity contribution in [3.05, 3.63) is 12.3 Å². The van der Waals surface area contributed by atoms with E-state index in [1.807, 2.05) is 20.8 Å². The molecule has 0 aromatic heterocycles. The lowest BCUT2D eigenvalue weighted by molar-refractivity contribution is -0.154. The van der Waals surface area contributed by atoms with Crippen molar-refractivity contribution in [1.29, 1.82) is 0 Å². The zero-order valence-corrected chi connectivity index (χ0v) is 11.4. The molecule has 0 fully saturated rings. The first kappa shape index (κ1) is 16.0. The molecule has 0 aromatic carbocycles. The first-order valence-corrected chi connectivity index (χ1v) is 5.93. The van der Waals surface area contributed by atoms with E-state index < -0.39 is 5.41 Å². The van der Waals surface area contributed by atoms with Crippen molar-refractivity contribution in [3.63, 3.8) is 0 Å². The lowest BCUT2D eigenvalue weighted by Crippen LogP contribution is -2.26. The summed E-state index contributed by atoms with van der Waals surface area (Å²) in [6.07, 6.45) is 1.44. The van der Waals surface area contributed by atoms with Gasteiger partial charge in [0.25, 0.3) is 0 Å². The molecule has 4 nitrogen and oxygen atoms in total. The molecule has 0 unspecified atom stereocenters. The monoisotopic (exact) mass is 244 g/mol. The third-order valence-corrected chi connectivity index (χ3v) is 2.49. The number of allylic oxidation sites excluding steroid dienone is 1. The maximum absolute atomic E-state index is 11.6. The molecule has 0 radical (unpaired) electrons. The molecule has 0 N–H and O–H groups in total. The van der Waals surface area contributed by atoms with Crippen molar-refractivity contribution in [3.8, 4) is 0 Å². The molecular weight excluding hydrogens is 220 g/mol. The fourth-order valence-corrected chi connectivity index (χ4v) is 0.867. The van der Waals surface area contributed by atoms with E-state index in [4.69, 9.17) is 14.2 Å². The van der Waals surface area contributed by atoms with Crippen LogP contribution in [0.15, 0.2) is 12.3 Å². The number of carbonyl (C=O) groups is 1. The fourth-order valence-electron chi connectivity index (χ4n) is 0.867. The van der Waals surface area contributed by atoms with Crippen LogP contribution in [0, 0.1) is 5.41 Å². The van der Waals surface area contributed by atoms with Gasteiger partial charge in [0.15, 0.2) is 6.79 Å². The van der Waals surface area contributed by atoms with Gasteiger partial charge in [-0.2, -0.15) is 0 Å².